The number of alkyl halides is 2. The molecule has 3 nitrogen and oxygen atoms in total. The Morgan fingerprint density at radius 3 is 2.20 bits per heavy atom. The molecule has 0 spiro atoms. The molecule has 49 heavy (non-hydrogen) atoms. The summed E-state index contributed by atoms with van der Waals surface area (Å²) in [7, 11) is 0. The van der Waals surface area contributed by atoms with E-state index in [1.807, 2.05) is 71.9 Å². The van der Waals surface area contributed by atoms with Gasteiger partial charge in [0.05, 0.1) is 0 Å². The van der Waals surface area contributed by atoms with Crippen molar-refractivity contribution in [1.29, 1.82) is 0 Å². The molecule has 0 saturated carbocycles. The smallest absolute Gasteiger partial charge is 0.273 e. The van der Waals surface area contributed by atoms with Gasteiger partial charge in [0.25, 0.3) is 5.92 Å². The van der Waals surface area contributed by atoms with E-state index in [1.165, 1.54) is 11.6 Å². The molecule has 6 heteroatoms. The van der Waals surface area contributed by atoms with Gasteiger partial charge < -0.3 is 5.11 Å². The molecule has 5 aromatic carbocycles. The number of hydrogen-bond acceptors (Lipinski definition) is 3. The SMILES string of the molecule is CC(C)(C)C(=O)/C=C(\O)C(C)(C)C.CC(C)Cc1ccc2ccc3c4ccnc5c4c(cc3c2c1)C(F)(F)c1cc2ccccc2[c-]c1-5.[Ir]. The normalized spacial score (nSPS) is 14.1. The number of nitrogens with zero attached hydrogens (tertiary/aromatic N) is 1. The number of benzene rings is 5. The molecule has 1 heterocycles. The fraction of sp³-hybridized carbons (Fsp3) is 0.302. The second-order valence-corrected chi connectivity index (χ2v) is 15.4. The molecule has 1 aliphatic rings. The van der Waals surface area contributed by atoms with E-state index < -0.39 is 11.3 Å². The first-order valence-corrected chi connectivity index (χ1v) is 16.5. The van der Waals surface area contributed by atoms with Crippen molar-refractivity contribution in [2.24, 2.45) is 16.7 Å². The van der Waals surface area contributed by atoms with E-state index in [4.69, 9.17) is 0 Å². The van der Waals surface area contributed by atoms with Crippen molar-refractivity contribution in [3.05, 3.63) is 114 Å². The van der Waals surface area contributed by atoms with Gasteiger partial charge >= 0.3 is 0 Å². The first kappa shape index (κ1) is 36.3. The second-order valence-electron chi connectivity index (χ2n) is 15.4. The molecule has 1 radical (unpaired) electrons. The third-order valence-electron chi connectivity index (χ3n) is 9.05. The zero-order valence-corrected chi connectivity index (χ0v) is 31.7. The summed E-state index contributed by atoms with van der Waals surface area (Å²) in [6.07, 6.45) is 4.02. The Kier molecular flexibility index (Phi) is 9.66. The van der Waals surface area contributed by atoms with Crippen molar-refractivity contribution in [2.45, 2.75) is 67.7 Å². The quantitative estimate of drug-likeness (QED) is 0.0836. The molecule has 255 valence electrons. The minimum Gasteiger partial charge on any atom is -0.512 e. The Balaban J connectivity index is 0.000000288. The molecule has 0 bridgehead atoms. The summed E-state index contributed by atoms with van der Waals surface area (Å²) >= 11 is 0. The fourth-order valence-electron chi connectivity index (χ4n) is 6.29. The molecule has 0 amide bonds. The van der Waals surface area contributed by atoms with Crippen molar-refractivity contribution in [3.8, 4) is 11.3 Å². The Bertz CT molecular complexity index is 2270. The number of rotatable bonds is 3. The number of pyridine rings is 1. The Labute approximate surface area is 300 Å². The molecular formula is C43H42F2IrNO2-. The van der Waals surface area contributed by atoms with Gasteiger partial charge in [-0.15, -0.1) is 23.6 Å². The van der Waals surface area contributed by atoms with Crippen molar-refractivity contribution in [3.63, 3.8) is 0 Å². The monoisotopic (exact) mass is 835 g/mol. The largest absolute Gasteiger partial charge is 0.512 e. The third kappa shape index (κ3) is 6.78. The average Bonchev–Trinajstić information content (AvgIpc) is 3.01. The summed E-state index contributed by atoms with van der Waals surface area (Å²) in [5.41, 5.74) is 1.44. The molecule has 6 aromatic rings. The zero-order chi connectivity index (χ0) is 34.8. The molecule has 1 aliphatic carbocycles. The molecule has 0 unspecified atom stereocenters. The summed E-state index contributed by atoms with van der Waals surface area (Å²) in [5, 5.41) is 16.4. The van der Waals surface area contributed by atoms with E-state index in [-0.39, 0.29) is 48.2 Å². The number of fused-ring (bicyclic) bond motifs is 7. The molecule has 0 atom stereocenters. The van der Waals surface area contributed by atoms with Crippen LogP contribution < -0.4 is 0 Å². The standard InChI is InChI=1S/C32H22F2N.C11H20O2.Ir/c1-18(2)13-19-7-8-20-9-10-23-24-11-12-35-31-27-15-21-5-3-4-6-22(21)16-28(27)32(33,34)29(30(24)31)17-26(23)25(20)14-19;1-10(2,3)8(12)7-9(13)11(4,5)6;/h3-12,14,16-18H,13H2,1-2H3;7,12H,1-6H3;/q-1;;/b;8-7-;. The topological polar surface area (TPSA) is 50.2 Å². The van der Waals surface area contributed by atoms with Crippen LogP contribution in [0.25, 0.3) is 54.3 Å². The minimum atomic E-state index is -3.16. The van der Waals surface area contributed by atoms with Gasteiger partial charge in [0.2, 0.25) is 0 Å². The number of hydrogen-bond donors (Lipinski definition) is 1. The van der Waals surface area contributed by atoms with Crippen LogP contribution in [0.5, 0.6) is 0 Å². The van der Waals surface area contributed by atoms with Crippen LogP contribution in [0.2, 0.25) is 0 Å². The Morgan fingerprint density at radius 2 is 1.53 bits per heavy atom. The first-order valence-electron chi connectivity index (χ1n) is 16.5. The average molecular weight is 835 g/mol. The van der Waals surface area contributed by atoms with E-state index in [1.54, 1.807) is 18.3 Å². The number of allylic oxidation sites excluding steroid dienone is 2. The number of halogens is 2. The van der Waals surface area contributed by atoms with Crippen LogP contribution in [0.3, 0.4) is 0 Å². The van der Waals surface area contributed by atoms with E-state index >= 15 is 8.78 Å². The van der Waals surface area contributed by atoms with Gasteiger partial charge in [0.1, 0.15) is 5.76 Å². The molecule has 0 saturated heterocycles. The third-order valence-corrected chi connectivity index (χ3v) is 9.05. The fourth-order valence-corrected chi connectivity index (χ4v) is 6.29. The molecular weight excluding hydrogens is 793 g/mol. The maximum atomic E-state index is 16.3. The summed E-state index contributed by atoms with van der Waals surface area (Å²) in [6, 6.07) is 26.6. The predicted molar refractivity (Wildman–Crippen MR) is 195 cm³/mol. The van der Waals surface area contributed by atoms with Crippen LogP contribution in [-0.4, -0.2) is 15.9 Å². The summed E-state index contributed by atoms with van der Waals surface area (Å²) in [6.45, 7) is 15.5. The van der Waals surface area contributed by atoms with Crippen molar-refractivity contribution in [1.82, 2.24) is 4.98 Å². The van der Waals surface area contributed by atoms with Gasteiger partial charge in [-0.05, 0) is 67.9 Å². The first-order chi connectivity index (χ1) is 22.5. The maximum Gasteiger partial charge on any atom is 0.273 e. The number of aliphatic hydroxyl groups is 1. The van der Waals surface area contributed by atoms with Crippen LogP contribution in [0.15, 0.2) is 90.8 Å². The number of aromatic nitrogens is 1. The minimum absolute atomic E-state index is 0. The van der Waals surface area contributed by atoms with Crippen LogP contribution >= 0.6 is 0 Å². The van der Waals surface area contributed by atoms with Gasteiger partial charge in [0, 0.05) is 54.5 Å². The number of aliphatic hydroxyl groups excluding tert-OH is 1. The maximum absolute atomic E-state index is 16.3. The van der Waals surface area contributed by atoms with Gasteiger partial charge in [-0.3, -0.25) is 9.78 Å². The Hall–Kier alpha value is -3.99. The van der Waals surface area contributed by atoms with E-state index in [0.717, 1.165) is 44.1 Å². The van der Waals surface area contributed by atoms with Crippen LogP contribution in [0.4, 0.5) is 8.78 Å². The summed E-state index contributed by atoms with van der Waals surface area (Å²) < 4.78 is 32.6. The summed E-state index contributed by atoms with van der Waals surface area (Å²) in [4.78, 5) is 16.1. The Morgan fingerprint density at radius 1 is 0.837 bits per heavy atom. The van der Waals surface area contributed by atoms with Crippen LogP contribution in [0.1, 0.15) is 72.1 Å². The molecule has 0 fully saturated rings. The van der Waals surface area contributed by atoms with E-state index in [2.05, 4.69) is 55.2 Å². The van der Waals surface area contributed by atoms with Crippen molar-refractivity contribution in [2.75, 3.05) is 0 Å². The van der Waals surface area contributed by atoms with Crippen LogP contribution in [-0.2, 0) is 37.2 Å². The van der Waals surface area contributed by atoms with Gasteiger partial charge in [-0.1, -0.05) is 115 Å². The number of carbonyl (C=O) groups is 1. The summed E-state index contributed by atoms with van der Waals surface area (Å²) in [5.74, 6) is -2.53. The zero-order valence-electron chi connectivity index (χ0n) is 29.3. The van der Waals surface area contributed by atoms with Crippen molar-refractivity contribution < 1.29 is 38.8 Å². The predicted octanol–water partition coefficient (Wildman–Crippen LogP) is 11.9. The van der Waals surface area contributed by atoms with Gasteiger partial charge in [-0.25, -0.2) is 8.78 Å². The van der Waals surface area contributed by atoms with Crippen LogP contribution in [0, 0.1) is 22.8 Å². The van der Waals surface area contributed by atoms with E-state index in [9.17, 15) is 9.90 Å². The van der Waals surface area contributed by atoms with E-state index in [0.29, 0.717) is 22.6 Å². The second kappa shape index (κ2) is 13.0. The number of carbonyl (C=O) groups excluding carboxylic acids is 1. The molecule has 1 aromatic heterocycles. The van der Waals surface area contributed by atoms with Gasteiger partial charge in [0.15, 0.2) is 5.78 Å². The molecule has 7 rings (SSSR count). The molecule has 1 N–H and O–H groups in total. The number of ketones is 1. The van der Waals surface area contributed by atoms with Gasteiger partial charge in [-0.2, -0.15) is 0 Å². The molecule has 0 aliphatic heterocycles. The van der Waals surface area contributed by atoms with Crippen molar-refractivity contribution >= 4 is 48.9 Å².